The van der Waals surface area contributed by atoms with Crippen molar-refractivity contribution in [1.82, 2.24) is 4.98 Å². The molecule has 1 fully saturated rings. The molecule has 3 heterocycles. The standard InChI is InChI=1S/C24H26N2O8/c1-32-17-11-16(33-21-19(27)20(28)24(31)34-22(21)23(29)30)7-6-13(17)10-14-4-3-9-26-18(14)15-5-2-8-25-12-15/h2,5-8,10-12,19-22,24,27-28,31H,3-4,9H2,1H3,(H,29,30)/b14-10+/t19-,20-,21+,22+,24+/m1/s1. The highest BCUT2D eigenvalue weighted by Crippen LogP contribution is 2.32. The van der Waals surface area contributed by atoms with E-state index in [1.807, 2.05) is 18.2 Å². The maximum atomic E-state index is 11.5. The topological polar surface area (TPSA) is 151 Å². The van der Waals surface area contributed by atoms with Crippen molar-refractivity contribution in [3.8, 4) is 11.5 Å². The first kappa shape index (κ1) is 23.8. The van der Waals surface area contributed by atoms with Gasteiger partial charge in [-0.05, 0) is 48.8 Å². The van der Waals surface area contributed by atoms with E-state index in [-0.39, 0.29) is 5.75 Å². The lowest BCUT2D eigenvalue weighted by molar-refractivity contribution is -0.275. The molecule has 4 N–H and O–H groups in total. The number of methoxy groups -OCH3 is 1. The lowest BCUT2D eigenvalue weighted by atomic mass is 9.94. The number of carboxylic acids is 1. The van der Waals surface area contributed by atoms with E-state index in [0.29, 0.717) is 5.75 Å². The van der Waals surface area contributed by atoms with Gasteiger partial charge in [0.05, 0.1) is 12.8 Å². The van der Waals surface area contributed by atoms with Crippen LogP contribution in [0.15, 0.2) is 53.3 Å². The number of hydrogen-bond acceptors (Lipinski definition) is 9. The van der Waals surface area contributed by atoms with Crippen LogP contribution in [0.1, 0.15) is 24.0 Å². The Morgan fingerprint density at radius 2 is 2.03 bits per heavy atom. The minimum absolute atomic E-state index is 0.200. The number of carbonyl (C=O) groups is 1. The molecule has 0 bridgehead atoms. The summed E-state index contributed by atoms with van der Waals surface area (Å²) in [7, 11) is 1.50. The number of ether oxygens (including phenoxy) is 3. The molecule has 2 aliphatic heterocycles. The van der Waals surface area contributed by atoms with Crippen molar-refractivity contribution in [1.29, 1.82) is 0 Å². The van der Waals surface area contributed by atoms with Gasteiger partial charge in [-0.1, -0.05) is 0 Å². The number of aliphatic hydroxyl groups excluding tert-OH is 3. The maximum Gasteiger partial charge on any atom is 0.336 e. The Balaban J connectivity index is 1.61. The number of aliphatic hydroxyl groups is 3. The number of benzene rings is 1. The smallest absolute Gasteiger partial charge is 0.336 e. The Morgan fingerprint density at radius 3 is 2.74 bits per heavy atom. The predicted molar refractivity (Wildman–Crippen MR) is 121 cm³/mol. The second kappa shape index (κ2) is 10.3. The second-order valence-electron chi connectivity index (χ2n) is 8.00. The number of allylic oxidation sites excluding steroid dienone is 1. The third kappa shape index (κ3) is 4.95. The first-order valence-corrected chi connectivity index (χ1v) is 10.8. The lowest BCUT2D eigenvalue weighted by Crippen LogP contribution is -2.61. The van der Waals surface area contributed by atoms with Gasteiger partial charge in [0.15, 0.2) is 18.5 Å². The molecule has 180 valence electrons. The van der Waals surface area contributed by atoms with Gasteiger partial charge in [0.1, 0.15) is 23.7 Å². The van der Waals surface area contributed by atoms with Crippen molar-refractivity contribution < 1.29 is 39.4 Å². The highest BCUT2D eigenvalue weighted by molar-refractivity contribution is 6.15. The molecule has 0 unspecified atom stereocenters. The van der Waals surface area contributed by atoms with E-state index in [2.05, 4.69) is 9.98 Å². The maximum absolute atomic E-state index is 11.5. The van der Waals surface area contributed by atoms with E-state index in [1.165, 1.54) is 7.11 Å². The third-order valence-corrected chi connectivity index (χ3v) is 5.73. The second-order valence-corrected chi connectivity index (χ2v) is 8.00. The Kier molecular flexibility index (Phi) is 7.23. The summed E-state index contributed by atoms with van der Waals surface area (Å²) in [6.45, 7) is 0.739. The summed E-state index contributed by atoms with van der Waals surface area (Å²) in [5.41, 5.74) is 3.60. The van der Waals surface area contributed by atoms with E-state index in [9.17, 15) is 25.2 Å². The molecular formula is C24H26N2O8. The quantitative estimate of drug-likeness (QED) is 0.485. The molecule has 34 heavy (non-hydrogen) atoms. The molecule has 0 saturated carbocycles. The first-order valence-electron chi connectivity index (χ1n) is 10.8. The number of hydrogen-bond donors (Lipinski definition) is 4. The normalized spacial score (nSPS) is 28.3. The molecule has 1 aromatic carbocycles. The van der Waals surface area contributed by atoms with Crippen LogP contribution in [0.5, 0.6) is 11.5 Å². The monoisotopic (exact) mass is 470 g/mol. The zero-order valence-electron chi connectivity index (χ0n) is 18.4. The van der Waals surface area contributed by atoms with Crippen LogP contribution in [0.2, 0.25) is 0 Å². The van der Waals surface area contributed by atoms with E-state index in [4.69, 9.17) is 14.2 Å². The molecular weight excluding hydrogens is 444 g/mol. The van der Waals surface area contributed by atoms with Crippen LogP contribution in [0.25, 0.3) is 6.08 Å². The lowest BCUT2D eigenvalue weighted by Gasteiger charge is -2.38. The predicted octanol–water partition coefficient (Wildman–Crippen LogP) is 1.03. The van der Waals surface area contributed by atoms with Crippen LogP contribution in [-0.2, 0) is 9.53 Å². The largest absolute Gasteiger partial charge is 0.496 e. The molecule has 4 rings (SSSR count). The minimum Gasteiger partial charge on any atom is -0.496 e. The molecule has 10 nitrogen and oxygen atoms in total. The summed E-state index contributed by atoms with van der Waals surface area (Å²) >= 11 is 0. The molecule has 0 spiro atoms. The number of pyridine rings is 1. The summed E-state index contributed by atoms with van der Waals surface area (Å²) in [5, 5.41) is 39.2. The fraction of sp³-hybridized carbons (Fsp3) is 0.375. The number of aromatic nitrogens is 1. The molecule has 10 heteroatoms. The average molecular weight is 470 g/mol. The zero-order valence-corrected chi connectivity index (χ0v) is 18.4. The van der Waals surface area contributed by atoms with Crippen molar-refractivity contribution in [2.75, 3.05) is 13.7 Å². The van der Waals surface area contributed by atoms with Crippen molar-refractivity contribution >= 4 is 17.8 Å². The van der Waals surface area contributed by atoms with Crippen molar-refractivity contribution in [3.05, 3.63) is 59.4 Å². The van der Waals surface area contributed by atoms with Gasteiger partial charge in [-0.25, -0.2) is 4.79 Å². The molecule has 0 aliphatic carbocycles. The van der Waals surface area contributed by atoms with Crippen LogP contribution in [-0.4, -0.2) is 81.5 Å². The molecule has 2 aromatic rings. The van der Waals surface area contributed by atoms with Crippen molar-refractivity contribution in [3.63, 3.8) is 0 Å². The fourth-order valence-electron chi connectivity index (χ4n) is 4.01. The number of carboxylic acid groups (broad SMARTS) is 1. The summed E-state index contributed by atoms with van der Waals surface area (Å²) in [6.07, 6.45) is -1.16. The van der Waals surface area contributed by atoms with E-state index < -0.39 is 36.7 Å². The van der Waals surface area contributed by atoms with Crippen LogP contribution in [0, 0.1) is 0 Å². The highest BCUT2D eigenvalue weighted by atomic mass is 16.7. The van der Waals surface area contributed by atoms with Crippen molar-refractivity contribution in [2.45, 2.75) is 43.5 Å². The summed E-state index contributed by atoms with van der Waals surface area (Å²) < 4.78 is 16.1. The van der Waals surface area contributed by atoms with Gasteiger partial charge in [0, 0.05) is 36.1 Å². The van der Waals surface area contributed by atoms with Crippen LogP contribution < -0.4 is 9.47 Å². The fourth-order valence-corrected chi connectivity index (χ4v) is 4.01. The Morgan fingerprint density at radius 1 is 1.21 bits per heavy atom. The van der Waals surface area contributed by atoms with Gasteiger partial charge >= 0.3 is 5.97 Å². The van der Waals surface area contributed by atoms with E-state index >= 15 is 0 Å². The summed E-state index contributed by atoms with van der Waals surface area (Å²) in [4.78, 5) is 20.4. The number of aliphatic carboxylic acids is 1. The van der Waals surface area contributed by atoms with Crippen LogP contribution in [0.3, 0.4) is 0 Å². The Hall–Kier alpha value is -3.31. The average Bonchev–Trinajstić information content (AvgIpc) is 2.85. The highest BCUT2D eigenvalue weighted by Gasteiger charge is 2.48. The number of rotatable bonds is 6. The van der Waals surface area contributed by atoms with Crippen LogP contribution in [0.4, 0.5) is 0 Å². The van der Waals surface area contributed by atoms with Gasteiger partial charge < -0.3 is 34.6 Å². The van der Waals surface area contributed by atoms with Crippen molar-refractivity contribution in [2.24, 2.45) is 4.99 Å². The molecule has 1 saturated heterocycles. The Bertz CT molecular complexity index is 1090. The molecule has 1 aromatic heterocycles. The van der Waals surface area contributed by atoms with Gasteiger partial charge in [-0.15, -0.1) is 0 Å². The van der Waals surface area contributed by atoms with Gasteiger partial charge in [0.25, 0.3) is 0 Å². The first-order chi connectivity index (χ1) is 16.4. The van der Waals surface area contributed by atoms with Gasteiger partial charge in [0.2, 0.25) is 0 Å². The SMILES string of the molecule is COc1cc(O[C@H]2[C@H](O)[C@@H](O)[C@@H](O)O[C@@H]2C(=O)O)ccc1/C=C1\CCCN=C1c1cccnc1. The third-order valence-electron chi connectivity index (χ3n) is 5.73. The minimum atomic E-state index is -1.84. The molecule has 2 aliphatic rings. The molecule has 0 amide bonds. The summed E-state index contributed by atoms with van der Waals surface area (Å²) in [6, 6.07) is 8.72. The van der Waals surface area contributed by atoms with E-state index in [0.717, 1.165) is 41.8 Å². The summed E-state index contributed by atoms with van der Waals surface area (Å²) in [5.74, 6) is -0.783. The molecule has 5 atom stereocenters. The Labute approximate surface area is 195 Å². The van der Waals surface area contributed by atoms with Crippen LogP contribution >= 0.6 is 0 Å². The van der Waals surface area contributed by atoms with E-state index in [1.54, 1.807) is 30.6 Å². The number of aliphatic imine (C=N–C) groups is 1. The zero-order chi connectivity index (χ0) is 24.2. The van der Waals surface area contributed by atoms with Gasteiger partial charge in [-0.3, -0.25) is 9.98 Å². The number of nitrogens with zero attached hydrogens (tertiary/aromatic N) is 2. The van der Waals surface area contributed by atoms with Gasteiger partial charge in [-0.2, -0.15) is 0 Å². The molecule has 0 radical (unpaired) electrons.